The first-order valence-electron chi connectivity index (χ1n) is 9.03. The maximum atomic E-state index is 12.6. The van der Waals surface area contributed by atoms with Gasteiger partial charge in [-0.05, 0) is 42.3 Å². The van der Waals surface area contributed by atoms with Crippen LogP contribution in [0.1, 0.15) is 22.8 Å². The first-order chi connectivity index (χ1) is 13.9. The maximum Gasteiger partial charge on any atom is 0.255 e. The lowest BCUT2D eigenvalue weighted by atomic mass is 10.1. The molecule has 8 nitrogen and oxygen atoms in total. The van der Waals surface area contributed by atoms with Gasteiger partial charge >= 0.3 is 0 Å². The van der Waals surface area contributed by atoms with Crippen molar-refractivity contribution in [3.8, 4) is 17.2 Å². The molecule has 0 atom stereocenters. The third kappa shape index (κ3) is 5.61. The Bertz CT molecular complexity index is 959. The third-order valence-electron chi connectivity index (χ3n) is 4.21. The normalized spacial score (nSPS) is 11.0. The molecule has 0 saturated carbocycles. The zero-order valence-electron chi connectivity index (χ0n) is 16.9. The zero-order valence-corrected chi connectivity index (χ0v) is 17.8. The van der Waals surface area contributed by atoms with Gasteiger partial charge in [-0.15, -0.1) is 0 Å². The Labute approximate surface area is 171 Å². The molecule has 2 N–H and O–H groups in total. The number of carbonyl (C=O) groups is 1. The lowest BCUT2D eigenvalue weighted by molar-refractivity contribution is 0.0951. The zero-order chi connectivity index (χ0) is 21.4. The summed E-state index contributed by atoms with van der Waals surface area (Å²) in [7, 11) is 0.869. The number of sulfonamides is 1. The predicted molar refractivity (Wildman–Crippen MR) is 109 cm³/mol. The predicted octanol–water partition coefficient (Wildman–Crippen LogP) is 1.98. The van der Waals surface area contributed by atoms with E-state index in [4.69, 9.17) is 14.2 Å². The minimum Gasteiger partial charge on any atom is -0.496 e. The Hall–Kier alpha value is -2.78. The van der Waals surface area contributed by atoms with Crippen molar-refractivity contribution < 1.29 is 27.4 Å². The molecule has 1 amide bonds. The Morgan fingerprint density at radius 1 is 0.931 bits per heavy atom. The Morgan fingerprint density at radius 3 is 2.21 bits per heavy atom. The number of carbonyl (C=O) groups excluding carboxylic acids is 1. The van der Waals surface area contributed by atoms with Gasteiger partial charge in [-0.3, -0.25) is 4.79 Å². The highest BCUT2D eigenvalue weighted by atomic mass is 32.2. The van der Waals surface area contributed by atoms with Gasteiger partial charge in [-0.2, -0.15) is 0 Å². The molecule has 0 heterocycles. The highest BCUT2D eigenvalue weighted by molar-refractivity contribution is 7.89. The Morgan fingerprint density at radius 2 is 1.59 bits per heavy atom. The van der Waals surface area contributed by atoms with Crippen LogP contribution in [0.5, 0.6) is 17.2 Å². The van der Waals surface area contributed by atoms with Crippen LogP contribution in [-0.2, 0) is 16.4 Å². The average Bonchev–Trinajstić information content (AvgIpc) is 2.72. The van der Waals surface area contributed by atoms with E-state index < -0.39 is 15.9 Å². The maximum absolute atomic E-state index is 12.6. The van der Waals surface area contributed by atoms with E-state index in [2.05, 4.69) is 10.0 Å². The van der Waals surface area contributed by atoms with Gasteiger partial charge in [-0.25, -0.2) is 13.1 Å². The lowest BCUT2D eigenvalue weighted by Gasteiger charge is -2.12. The summed E-state index contributed by atoms with van der Waals surface area (Å²) in [6.45, 7) is 2.28. The second kappa shape index (κ2) is 10.1. The first kappa shape index (κ1) is 22.5. The van der Waals surface area contributed by atoms with E-state index in [-0.39, 0.29) is 17.0 Å². The Kier molecular flexibility index (Phi) is 7.86. The molecule has 2 aromatic carbocycles. The highest BCUT2D eigenvalue weighted by Gasteiger charge is 2.19. The number of hydrogen-bond acceptors (Lipinski definition) is 6. The van der Waals surface area contributed by atoms with Gasteiger partial charge in [0, 0.05) is 13.1 Å². The fraction of sp³-hybridized carbons (Fsp3) is 0.350. The molecule has 0 unspecified atom stereocenters. The summed E-state index contributed by atoms with van der Waals surface area (Å²) in [6, 6.07) is 9.70. The molecule has 0 aliphatic rings. The molecule has 0 fully saturated rings. The SMILES string of the molecule is CCNS(=O)(=O)c1ccc(OC)c(C(=O)NCCc2ccc(OC)c(OC)c2)c1. The molecule has 2 aromatic rings. The van der Waals surface area contributed by atoms with E-state index in [1.54, 1.807) is 27.2 Å². The summed E-state index contributed by atoms with van der Waals surface area (Å²) in [5.41, 5.74) is 1.11. The fourth-order valence-corrected chi connectivity index (χ4v) is 3.82. The molecule has 2 rings (SSSR count). The van der Waals surface area contributed by atoms with Crippen LogP contribution in [-0.4, -0.2) is 48.7 Å². The van der Waals surface area contributed by atoms with E-state index in [0.717, 1.165) is 5.56 Å². The highest BCUT2D eigenvalue weighted by Crippen LogP contribution is 2.27. The van der Waals surface area contributed by atoms with Crippen molar-refractivity contribution in [1.29, 1.82) is 0 Å². The first-order valence-corrected chi connectivity index (χ1v) is 10.5. The van der Waals surface area contributed by atoms with Crippen molar-refractivity contribution in [1.82, 2.24) is 10.0 Å². The van der Waals surface area contributed by atoms with E-state index in [1.807, 2.05) is 12.1 Å². The molecule has 0 radical (unpaired) electrons. The number of rotatable bonds is 10. The van der Waals surface area contributed by atoms with Crippen LogP contribution < -0.4 is 24.2 Å². The van der Waals surface area contributed by atoms with Crippen molar-refractivity contribution in [2.75, 3.05) is 34.4 Å². The van der Waals surface area contributed by atoms with Gasteiger partial charge < -0.3 is 19.5 Å². The molecule has 0 aromatic heterocycles. The summed E-state index contributed by atoms with van der Waals surface area (Å²) in [6.07, 6.45) is 0.559. The topological polar surface area (TPSA) is 103 Å². The molecule has 158 valence electrons. The molecule has 0 saturated heterocycles. The molecule has 9 heteroatoms. The minimum atomic E-state index is -3.68. The van der Waals surface area contributed by atoms with Gasteiger partial charge in [0.1, 0.15) is 5.75 Å². The molecule has 0 bridgehead atoms. The summed E-state index contributed by atoms with van der Waals surface area (Å²) in [5, 5.41) is 2.79. The monoisotopic (exact) mass is 422 g/mol. The van der Waals surface area contributed by atoms with Crippen molar-refractivity contribution in [3.05, 3.63) is 47.5 Å². The number of benzene rings is 2. The van der Waals surface area contributed by atoms with Gasteiger partial charge in [0.05, 0.1) is 31.8 Å². The number of hydrogen-bond donors (Lipinski definition) is 2. The van der Waals surface area contributed by atoms with Crippen LogP contribution in [0.4, 0.5) is 0 Å². The quantitative estimate of drug-likeness (QED) is 0.607. The van der Waals surface area contributed by atoms with Gasteiger partial charge in [0.15, 0.2) is 11.5 Å². The summed E-state index contributed by atoms with van der Waals surface area (Å²) in [5.74, 6) is 1.11. The number of nitrogens with one attached hydrogen (secondary N) is 2. The molecule has 0 aliphatic carbocycles. The summed E-state index contributed by atoms with van der Waals surface area (Å²) in [4.78, 5) is 12.6. The van der Waals surface area contributed by atoms with Crippen LogP contribution in [0.3, 0.4) is 0 Å². The van der Waals surface area contributed by atoms with Crippen LogP contribution in [0, 0.1) is 0 Å². The van der Waals surface area contributed by atoms with Gasteiger partial charge in [-0.1, -0.05) is 13.0 Å². The van der Waals surface area contributed by atoms with Crippen molar-refractivity contribution in [3.63, 3.8) is 0 Å². The van der Waals surface area contributed by atoms with E-state index in [0.29, 0.717) is 30.2 Å². The number of ether oxygens (including phenoxy) is 3. The van der Waals surface area contributed by atoms with Crippen molar-refractivity contribution in [2.24, 2.45) is 0 Å². The van der Waals surface area contributed by atoms with Crippen LogP contribution in [0.25, 0.3) is 0 Å². The largest absolute Gasteiger partial charge is 0.496 e. The average molecular weight is 423 g/mol. The van der Waals surface area contributed by atoms with Crippen molar-refractivity contribution >= 4 is 15.9 Å². The summed E-state index contributed by atoms with van der Waals surface area (Å²) < 4.78 is 42.5. The van der Waals surface area contributed by atoms with E-state index in [1.165, 1.54) is 25.3 Å². The third-order valence-corrected chi connectivity index (χ3v) is 5.75. The second-order valence-electron chi connectivity index (χ2n) is 6.06. The molecule has 29 heavy (non-hydrogen) atoms. The molecular weight excluding hydrogens is 396 g/mol. The standard InChI is InChI=1S/C20H26N2O6S/c1-5-22-29(24,25)15-7-9-17(26-2)16(13-15)20(23)21-11-10-14-6-8-18(27-3)19(12-14)28-4/h6-9,12-13,22H,5,10-11H2,1-4H3,(H,21,23). The smallest absolute Gasteiger partial charge is 0.255 e. The number of amides is 1. The minimum absolute atomic E-state index is 0.00481. The van der Waals surface area contributed by atoms with E-state index in [9.17, 15) is 13.2 Å². The van der Waals surface area contributed by atoms with Crippen LogP contribution in [0.2, 0.25) is 0 Å². The second-order valence-corrected chi connectivity index (χ2v) is 7.83. The van der Waals surface area contributed by atoms with Gasteiger partial charge in [0.2, 0.25) is 10.0 Å². The van der Waals surface area contributed by atoms with E-state index >= 15 is 0 Å². The lowest BCUT2D eigenvalue weighted by Crippen LogP contribution is -2.27. The van der Waals surface area contributed by atoms with Crippen LogP contribution >= 0.6 is 0 Å². The molecular formula is C20H26N2O6S. The van der Waals surface area contributed by atoms with Crippen LogP contribution in [0.15, 0.2) is 41.3 Å². The van der Waals surface area contributed by atoms with Gasteiger partial charge in [0.25, 0.3) is 5.91 Å². The summed E-state index contributed by atoms with van der Waals surface area (Å²) >= 11 is 0. The molecule has 0 aliphatic heterocycles. The Balaban J connectivity index is 2.12. The van der Waals surface area contributed by atoms with Crippen molar-refractivity contribution in [2.45, 2.75) is 18.2 Å². The fourth-order valence-electron chi connectivity index (χ4n) is 2.76. The number of methoxy groups -OCH3 is 3. The molecule has 0 spiro atoms.